The zero-order valence-corrected chi connectivity index (χ0v) is 13.9. The molecule has 1 aromatic rings. The summed E-state index contributed by atoms with van der Waals surface area (Å²) >= 11 is 5.88. The lowest BCUT2D eigenvalue weighted by Crippen LogP contribution is -2.46. The van der Waals surface area contributed by atoms with Crippen LogP contribution in [0.2, 0.25) is 5.02 Å². The molecular formula is C15H20Cl2N2O3. The Bertz CT molecular complexity index is 531. The fraction of sp³-hybridized carbons (Fsp3) is 0.467. The van der Waals surface area contributed by atoms with E-state index in [9.17, 15) is 9.59 Å². The molecule has 0 aliphatic carbocycles. The number of amides is 1. The number of nitrogens with one attached hydrogen (secondary N) is 1. The standard InChI is InChI=1S/C15H19ClN2O3.ClH/c1-10(18-7-5-11(6-8-18)15(20)21)14(19)17-13-4-2-3-12(16)9-13;/h2-4,9-11H,5-8H2,1H3,(H,17,19)(H,20,21);1H. The number of anilines is 1. The van der Waals surface area contributed by atoms with Crippen LogP contribution >= 0.6 is 24.0 Å². The molecule has 7 heteroatoms. The van der Waals surface area contributed by atoms with E-state index in [4.69, 9.17) is 16.7 Å². The molecule has 0 aromatic heterocycles. The van der Waals surface area contributed by atoms with Crippen molar-refractivity contribution in [3.63, 3.8) is 0 Å². The number of carbonyl (C=O) groups excluding carboxylic acids is 1. The topological polar surface area (TPSA) is 69.6 Å². The third-order valence-electron chi connectivity index (χ3n) is 3.90. The summed E-state index contributed by atoms with van der Waals surface area (Å²) in [5.41, 5.74) is 0.666. The number of carbonyl (C=O) groups is 2. The summed E-state index contributed by atoms with van der Waals surface area (Å²) in [4.78, 5) is 25.2. The zero-order chi connectivity index (χ0) is 15.4. The van der Waals surface area contributed by atoms with Crippen molar-refractivity contribution >= 4 is 41.6 Å². The van der Waals surface area contributed by atoms with Gasteiger partial charge in [-0.05, 0) is 51.1 Å². The molecule has 1 saturated heterocycles. The number of aliphatic carboxylic acids is 1. The molecule has 5 nitrogen and oxygen atoms in total. The van der Waals surface area contributed by atoms with Crippen LogP contribution < -0.4 is 5.32 Å². The van der Waals surface area contributed by atoms with Crippen LogP contribution in [0.4, 0.5) is 5.69 Å². The van der Waals surface area contributed by atoms with E-state index in [1.807, 2.05) is 11.8 Å². The first-order valence-electron chi connectivity index (χ1n) is 7.00. The first-order valence-corrected chi connectivity index (χ1v) is 7.38. The van der Waals surface area contributed by atoms with Gasteiger partial charge in [0.05, 0.1) is 12.0 Å². The van der Waals surface area contributed by atoms with E-state index in [-0.39, 0.29) is 30.3 Å². The van der Waals surface area contributed by atoms with Gasteiger partial charge in [0.15, 0.2) is 0 Å². The first kappa shape index (κ1) is 18.7. The van der Waals surface area contributed by atoms with Gasteiger partial charge >= 0.3 is 5.97 Å². The van der Waals surface area contributed by atoms with Crippen molar-refractivity contribution in [3.05, 3.63) is 29.3 Å². The van der Waals surface area contributed by atoms with Crippen molar-refractivity contribution < 1.29 is 14.7 Å². The smallest absolute Gasteiger partial charge is 0.306 e. The highest BCUT2D eigenvalue weighted by molar-refractivity contribution is 6.30. The Labute approximate surface area is 141 Å². The van der Waals surface area contributed by atoms with Crippen LogP contribution in [0.1, 0.15) is 19.8 Å². The number of hydrogen-bond acceptors (Lipinski definition) is 3. The van der Waals surface area contributed by atoms with Gasteiger partial charge in [0.2, 0.25) is 5.91 Å². The van der Waals surface area contributed by atoms with E-state index >= 15 is 0 Å². The lowest BCUT2D eigenvalue weighted by molar-refractivity contribution is -0.143. The second-order valence-corrected chi connectivity index (χ2v) is 5.76. The van der Waals surface area contributed by atoms with Crippen molar-refractivity contribution in [1.29, 1.82) is 0 Å². The molecule has 1 atom stereocenters. The van der Waals surface area contributed by atoms with E-state index in [2.05, 4.69) is 5.32 Å². The molecule has 122 valence electrons. The molecule has 22 heavy (non-hydrogen) atoms. The number of rotatable bonds is 4. The molecule has 0 bridgehead atoms. The third-order valence-corrected chi connectivity index (χ3v) is 4.13. The predicted molar refractivity (Wildman–Crippen MR) is 88.7 cm³/mol. The minimum Gasteiger partial charge on any atom is -0.481 e. The van der Waals surface area contributed by atoms with Crippen LogP contribution in [0.3, 0.4) is 0 Å². The molecule has 1 aliphatic rings. The number of hydrogen-bond donors (Lipinski definition) is 2. The first-order chi connectivity index (χ1) is 9.97. The highest BCUT2D eigenvalue weighted by atomic mass is 35.5. The second kappa shape index (κ2) is 8.36. The quantitative estimate of drug-likeness (QED) is 0.879. The monoisotopic (exact) mass is 346 g/mol. The summed E-state index contributed by atoms with van der Waals surface area (Å²) in [5.74, 6) is -1.14. The average molecular weight is 347 g/mol. The van der Waals surface area contributed by atoms with E-state index in [0.717, 1.165) is 0 Å². The fourth-order valence-corrected chi connectivity index (χ4v) is 2.70. The van der Waals surface area contributed by atoms with Gasteiger partial charge in [0.25, 0.3) is 0 Å². The fourth-order valence-electron chi connectivity index (χ4n) is 2.51. The Morgan fingerprint density at radius 1 is 1.36 bits per heavy atom. The summed E-state index contributed by atoms with van der Waals surface area (Å²) in [7, 11) is 0. The van der Waals surface area contributed by atoms with Crippen LogP contribution in [-0.2, 0) is 9.59 Å². The summed E-state index contributed by atoms with van der Waals surface area (Å²) in [6.45, 7) is 3.09. The van der Waals surface area contributed by atoms with Gasteiger partial charge in [-0.3, -0.25) is 14.5 Å². The van der Waals surface area contributed by atoms with E-state index in [1.165, 1.54) is 0 Å². The maximum Gasteiger partial charge on any atom is 0.306 e. The second-order valence-electron chi connectivity index (χ2n) is 5.32. The summed E-state index contributed by atoms with van der Waals surface area (Å²) in [5, 5.41) is 12.4. The highest BCUT2D eigenvalue weighted by Crippen LogP contribution is 2.20. The molecule has 1 amide bonds. The maximum absolute atomic E-state index is 12.2. The van der Waals surface area contributed by atoms with Gasteiger partial charge in [-0.15, -0.1) is 12.4 Å². The van der Waals surface area contributed by atoms with Crippen molar-refractivity contribution in [2.75, 3.05) is 18.4 Å². The number of halogens is 2. The Balaban J connectivity index is 0.00000242. The Morgan fingerprint density at radius 3 is 2.55 bits per heavy atom. The summed E-state index contributed by atoms with van der Waals surface area (Å²) < 4.78 is 0. The van der Waals surface area contributed by atoms with Crippen molar-refractivity contribution in [1.82, 2.24) is 4.90 Å². The highest BCUT2D eigenvalue weighted by Gasteiger charge is 2.29. The maximum atomic E-state index is 12.2. The molecular weight excluding hydrogens is 327 g/mol. The predicted octanol–water partition coefficient (Wildman–Crippen LogP) is 2.89. The number of benzene rings is 1. The van der Waals surface area contributed by atoms with Crippen LogP contribution in [0.25, 0.3) is 0 Å². The largest absolute Gasteiger partial charge is 0.481 e. The lowest BCUT2D eigenvalue weighted by Gasteiger charge is -2.33. The normalized spacial score (nSPS) is 17.4. The molecule has 0 saturated carbocycles. The molecule has 2 N–H and O–H groups in total. The van der Waals surface area contributed by atoms with Gasteiger partial charge < -0.3 is 10.4 Å². The minimum absolute atomic E-state index is 0. The number of nitrogens with zero attached hydrogens (tertiary/aromatic N) is 1. The van der Waals surface area contributed by atoms with Crippen molar-refractivity contribution in [3.8, 4) is 0 Å². The summed E-state index contributed by atoms with van der Waals surface area (Å²) in [6.07, 6.45) is 1.17. The summed E-state index contributed by atoms with van der Waals surface area (Å²) in [6, 6.07) is 6.72. The van der Waals surface area contributed by atoms with Crippen LogP contribution in [0.15, 0.2) is 24.3 Å². The van der Waals surface area contributed by atoms with Gasteiger partial charge in [-0.2, -0.15) is 0 Å². The average Bonchev–Trinajstić information content (AvgIpc) is 2.46. The zero-order valence-electron chi connectivity index (χ0n) is 12.3. The van der Waals surface area contributed by atoms with Crippen LogP contribution in [-0.4, -0.2) is 41.0 Å². The van der Waals surface area contributed by atoms with Crippen molar-refractivity contribution in [2.45, 2.75) is 25.8 Å². The van der Waals surface area contributed by atoms with E-state index in [0.29, 0.717) is 36.6 Å². The molecule has 0 spiro atoms. The van der Waals surface area contributed by atoms with Crippen LogP contribution in [0.5, 0.6) is 0 Å². The van der Waals surface area contributed by atoms with E-state index in [1.54, 1.807) is 24.3 Å². The number of carboxylic acids is 1. The minimum atomic E-state index is -0.745. The molecule has 1 aliphatic heterocycles. The lowest BCUT2D eigenvalue weighted by atomic mass is 9.96. The molecule has 1 fully saturated rings. The SMILES string of the molecule is CC(C(=O)Nc1cccc(Cl)c1)N1CCC(C(=O)O)CC1.Cl. The number of piperidine rings is 1. The molecule has 2 rings (SSSR count). The molecule has 1 heterocycles. The molecule has 1 unspecified atom stereocenters. The van der Waals surface area contributed by atoms with Gasteiger partial charge in [-0.1, -0.05) is 17.7 Å². The van der Waals surface area contributed by atoms with Gasteiger partial charge in [0, 0.05) is 10.7 Å². The Hall–Kier alpha value is -1.30. The molecule has 1 aromatic carbocycles. The number of likely N-dealkylation sites (tertiary alicyclic amines) is 1. The Morgan fingerprint density at radius 2 is 2.00 bits per heavy atom. The van der Waals surface area contributed by atoms with Crippen LogP contribution in [0, 0.1) is 5.92 Å². The van der Waals surface area contributed by atoms with E-state index < -0.39 is 5.97 Å². The molecule has 0 radical (unpaired) electrons. The van der Waals surface area contributed by atoms with Gasteiger partial charge in [-0.25, -0.2) is 0 Å². The van der Waals surface area contributed by atoms with Gasteiger partial charge in [0.1, 0.15) is 0 Å². The third kappa shape index (κ3) is 4.87. The number of carboxylic acid groups (broad SMARTS) is 1. The Kier molecular flexibility index (Phi) is 7.13. The van der Waals surface area contributed by atoms with Crippen molar-refractivity contribution in [2.24, 2.45) is 5.92 Å².